The molecule has 0 radical (unpaired) electrons. The Morgan fingerprint density at radius 1 is 0.500 bits per heavy atom. The Morgan fingerprint density at radius 2 is 0.864 bits per heavy atom. The zero-order valence-corrected chi connectivity index (χ0v) is 12.7. The van der Waals surface area contributed by atoms with Crippen LogP contribution in [0.2, 0.25) is 0 Å². The van der Waals surface area contributed by atoms with E-state index >= 15 is 0 Å². The summed E-state index contributed by atoms with van der Waals surface area (Å²) in [7, 11) is 3.39. The molecule has 0 unspecified atom stereocenters. The van der Waals surface area contributed by atoms with Gasteiger partial charge in [0.2, 0.25) is 0 Å². The third-order valence-electron chi connectivity index (χ3n) is 3.72. The molecule has 0 spiro atoms. The SMILES string of the molecule is COc1ccccc1-c1ccc(-c2ccccc2OC)cc1. The lowest BCUT2D eigenvalue weighted by atomic mass is 9.99. The minimum Gasteiger partial charge on any atom is -0.496 e. The van der Waals surface area contributed by atoms with Gasteiger partial charge in [-0.2, -0.15) is 0 Å². The lowest BCUT2D eigenvalue weighted by molar-refractivity contribution is 0.416. The van der Waals surface area contributed by atoms with Gasteiger partial charge in [-0.25, -0.2) is 0 Å². The second-order valence-corrected chi connectivity index (χ2v) is 4.98. The second-order valence-electron chi connectivity index (χ2n) is 4.98. The van der Waals surface area contributed by atoms with E-state index < -0.39 is 0 Å². The smallest absolute Gasteiger partial charge is 0.126 e. The molecular formula is C20H18O2. The van der Waals surface area contributed by atoms with Crippen LogP contribution < -0.4 is 9.47 Å². The van der Waals surface area contributed by atoms with E-state index in [0.717, 1.165) is 33.8 Å². The molecule has 3 aromatic rings. The van der Waals surface area contributed by atoms with Gasteiger partial charge in [-0.1, -0.05) is 60.7 Å². The summed E-state index contributed by atoms with van der Waals surface area (Å²) in [5.74, 6) is 1.76. The number of para-hydroxylation sites is 2. The van der Waals surface area contributed by atoms with Gasteiger partial charge in [0.25, 0.3) is 0 Å². The van der Waals surface area contributed by atoms with Crippen LogP contribution in [0, 0.1) is 0 Å². The predicted molar refractivity (Wildman–Crippen MR) is 90.4 cm³/mol. The van der Waals surface area contributed by atoms with Crippen molar-refractivity contribution >= 4 is 0 Å². The summed E-state index contributed by atoms with van der Waals surface area (Å²) in [4.78, 5) is 0. The van der Waals surface area contributed by atoms with Gasteiger partial charge in [-0.05, 0) is 23.3 Å². The van der Waals surface area contributed by atoms with Crippen LogP contribution >= 0.6 is 0 Å². The molecule has 0 N–H and O–H groups in total. The maximum atomic E-state index is 5.43. The molecular weight excluding hydrogens is 272 g/mol. The molecule has 3 aromatic carbocycles. The second kappa shape index (κ2) is 6.35. The van der Waals surface area contributed by atoms with E-state index in [2.05, 4.69) is 36.4 Å². The first-order valence-electron chi connectivity index (χ1n) is 7.20. The zero-order valence-electron chi connectivity index (χ0n) is 12.7. The summed E-state index contributed by atoms with van der Waals surface area (Å²) in [6, 6.07) is 24.5. The van der Waals surface area contributed by atoms with Gasteiger partial charge in [0.05, 0.1) is 14.2 Å². The van der Waals surface area contributed by atoms with Crippen LogP contribution in [-0.4, -0.2) is 14.2 Å². The lowest BCUT2D eigenvalue weighted by Crippen LogP contribution is -1.89. The molecule has 0 bridgehead atoms. The van der Waals surface area contributed by atoms with Gasteiger partial charge in [0.1, 0.15) is 11.5 Å². The Balaban J connectivity index is 2.00. The largest absolute Gasteiger partial charge is 0.496 e. The number of ether oxygens (including phenoxy) is 2. The quantitative estimate of drug-likeness (QED) is 0.670. The van der Waals surface area contributed by atoms with Crippen LogP contribution in [0.4, 0.5) is 0 Å². The number of methoxy groups -OCH3 is 2. The van der Waals surface area contributed by atoms with E-state index in [1.54, 1.807) is 14.2 Å². The molecule has 110 valence electrons. The van der Waals surface area contributed by atoms with Gasteiger partial charge >= 0.3 is 0 Å². The molecule has 0 saturated heterocycles. The Labute approximate surface area is 131 Å². The van der Waals surface area contributed by atoms with Crippen molar-refractivity contribution in [3.8, 4) is 33.8 Å². The zero-order chi connectivity index (χ0) is 15.4. The highest BCUT2D eigenvalue weighted by molar-refractivity contribution is 5.76. The fourth-order valence-corrected chi connectivity index (χ4v) is 2.60. The molecule has 2 heteroatoms. The van der Waals surface area contributed by atoms with Gasteiger partial charge < -0.3 is 9.47 Å². The first-order valence-corrected chi connectivity index (χ1v) is 7.20. The monoisotopic (exact) mass is 290 g/mol. The standard InChI is InChI=1S/C20H18O2/c1-21-19-9-5-3-7-17(19)15-11-13-16(14-12-15)18-8-4-6-10-20(18)22-2/h3-14H,1-2H3. The van der Waals surface area contributed by atoms with Crippen LogP contribution in [0.5, 0.6) is 11.5 Å². The number of hydrogen-bond acceptors (Lipinski definition) is 2. The van der Waals surface area contributed by atoms with Gasteiger partial charge in [0, 0.05) is 11.1 Å². The number of benzene rings is 3. The molecule has 0 atom stereocenters. The fourth-order valence-electron chi connectivity index (χ4n) is 2.60. The number of hydrogen-bond donors (Lipinski definition) is 0. The van der Waals surface area contributed by atoms with Crippen LogP contribution in [0.1, 0.15) is 0 Å². The van der Waals surface area contributed by atoms with Crippen LogP contribution in [0.3, 0.4) is 0 Å². The molecule has 0 fully saturated rings. The predicted octanol–water partition coefficient (Wildman–Crippen LogP) is 5.04. The minimum absolute atomic E-state index is 0.882. The van der Waals surface area contributed by atoms with Crippen LogP contribution in [0.25, 0.3) is 22.3 Å². The summed E-state index contributed by atoms with van der Waals surface area (Å²) in [5.41, 5.74) is 4.46. The maximum absolute atomic E-state index is 5.43. The van der Waals surface area contributed by atoms with Crippen LogP contribution in [-0.2, 0) is 0 Å². The van der Waals surface area contributed by atoms with E-state index in [1.807, 2.05) is 36.4 Å². The fraction of sp³-hybridized carbons (Fsp3) is 0.100. The van der Waals surface area contributed by atoms with Gasteiger partial charge in [0.15, 0.2) is 0 Å². The maximum Gasteiger partial charge on any atom is 0.126 e. The van der Waals surface area contributed by atoms with Crippen molar-refractivity contribution in [2.24, 2.45) is 0 Å². The first-order chi connectivity index (χ1) is 10.8. The first kappa shape index (κ1) is 14.2. The Kier molecular flexibility index (Phi) is 4.10. The van der Waals surface area contributed by atoms with Crippen molar-refractivity contribution in [1.29, 1.82) is 0 Å². The molecule has 0 saturated carbocycles. The molecule has 0 heterocycles. The molecule has 0 aromatic heterocycles. The van der Waals surface area contributed by atoms with Crippen molar-refractivity contribution in [1.82, 2.24) is 0 Å². The summed E-state index contributed by atoms with van der Waals surface area (Å²) in [5, 5.41) is 0. The highest BCUT2D eigenvalue weighted by Crippen LogP contribution is 2.33. The summed E-state index contributed by atoms with van der Waals surface area (Å²) >= 11 is 0. The molecule has 2 nitrogen and oxygen atoms in total. The Morgan fingerprint density at radius 3 is 1.23 bits per heavy atom. The Bertz CT molecular complexity index is 694. The van der Waals surface area contributed by atoms with E-state index in [1.165, 1.54) is 0 Å². The average Bonchev–Trinajstić information content (AvgIpc) is 2.62. The summed E-state index contributed by atoms with van der Waals surface area (Å²) in [6.45, 7) is 0. The van der Waals surface area contributed by atoms with Crippen molar-refractivity contribution in [3.05, 3.63) is 72.8 Å². The molecule has 0 aliphatic rings. The van der Waals surface area contributed by atoms with E-state index in [9.17, 15) is 0 Å². The highest BCUT2D eigenvalue weighted by atomic mass is 16.5. The topological polar surface area (TPSA) is 18.5 Å². The Hall–Kier alpha value is -2.74. The summed E-state index contributed by atoms with van der Waals surface area (Å²) in [6.07, 6.45) is 0. The van der Waals surface area contributed by atoms with E-state index in [-0.39, 0.29) is 0 Å². The molecule has 22 heavy (non-hydrogen) atoms. The number of rotatable bonds is 4. The third-order valence-corrected chi connectivity index (χ3v) is 3.72. The van der Waals surface area contributed by atoms with Crippen molar-refractivity contribution in [2.45, 2.75) is 0 Å². The molecule has 0 amide bonds. The normalized spacial score (nSPS) is 10.3. The summed E-state index contributed by atoms with van der Waals surface area (Å²) < 4.78 is 10.9. The highest BCUT2D eigenvalue weighted by Gasteiger charge is 2.07. The molecule has 0 aliphatic carbocycles. The van der Waals surface area contributed by atoms with Crippen molar-refractivity contribution < 1.29 is 9.47 Å². The van der Waals surface area contributed by atoms with Crippen LogP contribution in [0.15, 0.2) is 72.8 Å². The van der Waals surface area contributed by atoms with Crippen molar-refractivity contribution in [3.63, 3.8) is 0 Å². The van der Waals surface area contributed by atoms with Gasteiger partial charge in [-0.15, -0.1) is 0 Å². The average molecular weight is 290 g/mol. The molecule has 0 aliphatic heterocycles. The van der Waals surface area contributed by atoms with E-state index in [0.29, 0.717) is 0 Å². The molecule has 3 rings (SSSR count). The minimum atomic E-state index is 0.882. The van der Waals surface area contributed by atoms with Crippen molar-refractivity contribution in [2.75, 3.05) is 14.2 Å². The third kappa shape index (κ3) is 2.68. The van der Waals surface area contributed by atoms with E-state index in [4.69, 9.17) is 9.47 Å². The lowest BCUT2D eigenvalue weighted by Gasteiger charge is -2.11. The van der Waals surface area contributed by atoms with Gasteiger partial charge in [-0.3, -0.25) is 0 Å².